The Morgan fingerprint density at radius 2 is 2.00 bits per heavy atom. The second-order valence-corrected chi connectivity index (χ2v) is 9.87. The average Bonchev–Trinajstić information content (AvgIpc) is 3.28. The molecule has 0 spiro atoms. The van der Waals surface area contributed by atoms with Crippen molar-refractivity contribution in [3.63, 3.8) is 0 Å². The Morgan fingerprint density at radius 3 is 2.74 bits per heavy atom. The predicted molar refractivity (Wildman–Crippen MR) is 126 cm³/mol. The second kappa shape index (κ2) is 10.1. The van der Waals surface area contributed by atoms with Crippen LogP contribution in [0.1, 0.15) is 38.7 Å². The number of esters is 2. The van der Waals surface area contributed by atoms with Crippen LogP contribution in [0.5, 0.6) is 11.5 Å². The lowest BCUT2D eigenvalue weighted by molar-refractivity contribution is -0.151. The number of ketones is 1. The van der Waals surface area contributed by atoms with Gasteiger partial charge in [0.2, 0.25) is 6.79 Å². The van der Waals surface area contributed by atoms with Gasteiger partial charge in [-0.2, -0.15) is 11.8 Å². The van der Waals surface area contributed by atoms with Crippen molar-refractivity contribution < 1.29 is 33.3 Å². The van der Waals surface area contributed by atoms with E-state index in [1.807, 2.05) is 26.8 Å². The maximum Gasteiger partial charge on any atom is 0.336 e. The highest BCUT2D eigenvalue weighted by Crippen LogP contribution is 2.47. The minimum Gasteiger partial charge on any atom is -0.468 e. The summed E-state index contributed by atoms with van der Waals surface area (Å²) < 4.78 is 21.5. The molecular weight excluding hydrogens is 458 g/mol. The lowest BCUT2D eigenvalue weighted by Crippen LogP contribution is -2.43. The van der Waals surface area contributed by atoms with Crippen LogP contribution in [-0.4, -0.2) is 49.7 Å². The van der Waals surface area contributed by atoms with E-state index in [-0.39, 0.29) is 25.1 Å². The number of benzene rings is 1. The van der Waals surface area contributed by atoms with E-state index in [0.717, 1.165) is 11.4 Å². The minimum absolute atomic E-state index is 0.110. The molecule has 1 N–H and O–H groups in total. The van der Waals surface area contributed by atoms with Gasteiger partial charge in [0.25, 0.3) is 0 Å². The van der Waals surface area contributed by atoms with Crippen LogP contribution < -0.4 is 14.8 Å². The number of dihydropyridines is 1. The number of allylic oxidation sites excluding steroid dienone is 3. The molecule has 9 heteroatoms. The molecule has 0 aromatic heterocycles. The topological polar surface area (TPSA) is 100 Å². The zero-order valence-corrected chi connectivity index (χ0v) is 20.6. The Bertz CT molecular complexity index is 1080. The average molecular weight is 488 g/mol. The molecule has 0 fully saturated rings. The number of ether oxygens (including phenoxy) is 4. The standard InChI is InChI=1S/C25H29NO7S/c1-5-34-9-8-31-25(29)20-14(3)26-16-10-13(2)19(24(28)30-4)23(27)22(16)21(20)15-6-7-17-18(11-15)33-12-32-17/h6-7,11,13,19,21,26H,5,8-10,12H2,1-4H3/t13-,19-,21+/m1/s1. The van der Waals surface area contributed by atoms with Gasteiger partial charge < -0.3 is 24.3 Å². The molecule has 8 nitrogen and oxygen atoms in total. The van der Waals surface area contributed by atoms with Gasteiger partial charge in [-0.25, -0.2) is 4.79 Å². The third-order valence-corrected chi connectivity index (χ3v) is 7.22. The first-order chi connectivity index (χ1) is 16.4. The fourth-order valence-corrected chi connectivity index (χ4v) is 5.28. The lowest BCUT2D eigenvalue weighted by atomic mass is 9.69. The van der Waals surface area contributed by atoms with Crippen molar-refractivity contribution in [2.24, 2.45) is 11.8 Å². The molecule has 1 aliphatic carbocycles. The molecule has 2 aliphatic heterocycles. The summed E-state index contributed by atoms with van der Waals surface area (Å²) in [5.41, 5.74) is 2.79. The number of Topliss-reactive ketones (excluding diaryl/α,β-unsaturated/α-hetero) is 1. The third kappa shape index (κ3) is 4.41. The van der Waals surface area contributed by atoms with Crippen LogP contribution >= 0.6 is 11.8 Å². The molecule has 0 saturated heterocycles. The molecule has 0 radical (unpaired) electrons. The number of carbonyl (C=O) groups excluding carboxylic acids is 3. The fraction of sp³-hybridized carbons (Fsp3) is 0.480. The van der Waals surface area contributed by atoms with Crippen molar-refractivity contribution in [2.75, 3.05) is 32.0 Å². The van der Waals surface area contributed by atoms with E-state index < -0.39 is 23.8 Å². The Kier molecular flexibility index (Phi) is 7.21. The number of carbonyl (C=O) groups is 3. The molecule has 3 atom stereocenters. The normalized spacial score (nSPS) is 23.4. The van der Waals surface area contributed by atoms with E-state index in [9.17, 15) is 14.4 Å². The van der Waals surface area contributed by atoms with E-state index in [0.29, 0.717) is 46.1 Å². The van der Waals surface area contributed by atoms with Crippen molar-refractivity contribution >= 4 is 29.5 Å². The van der Waals surface area contributed by atoms with Gasteiger partial charge in [-0.3, -0.25) is 9.59 Å². The fourth-order valence-electron chi connectivity index (χ4n) is 4.79. The van der Waals surface area contributed by atoms with Crippen molar-refractivity contribution in [1.82, 2.24) is 5.32 Å². The number of fused-ring (bicyclic) bond motifs is 1. The summed E-state index contributed by atoms with van der Waals surface area (Å²) in [5, 5.41) is 3.27. The number of nitrogens with one attached hydrogen (secondary N) is 1. The van der Waals surface area contributed by atoms with Crippen LogP contribution in [0, 0.1) is 11.8 Å². The summed E-state index contributed by atoms with van der Waals surface area (Å²) in [5.74, 6) is -0.510. The number of rotatable bonds is 7. The number of thioether (sulfide) groups is 1. The molecule has 4 rings (SSSR count). The van der Waals surface area contributed by atoms with Crippen LogP contribution in [-0.2, 0) is 23.9 Å². The molecule has 182 valence electrons. The maximum absolute atomic E-state index is 13.7. The van der Waals surface area contributed by atoms with Gasteiger partial charge in [0, 0.05) is 28.6 Å². The molecule has 1 aromatic carbocycles. The first-order valence-corrected chi connectivity index (χ1v) is 12.5. The van der Waals surface area contributed by atoms with Gasteiger partial charge in [0.05, 0.1) is 12.7 Å². The van der Waals surface area contributed by atoms with Gasteiger partial charge in [-0.1, -0.05) is 19.9 Å². The maximum atomic E-state index is 13.7. The summed E-state index contributed by atoms with van der Waals surface area (Å²) in [6.07, 6.45) is 0.481. The highest BCUT2D eigenvalue weighted by atomic mass is 32.2. The molecule has 0 saturated carbocycles. The molecular formula is C25H29NO7S. The zero-order valence-electron chi connectivity index (χ0n) is 19.8. The van der Waals surface area contributed by atoms with Crippen molar-refractivity contribution in [3.05, 3.63) is 46.3 Å². The van der Waals surface area contributed by atoms with Crippen LogP contribution in [0.25, 0.3) is 0 Å². The Morgan fingerprint density at radius 1 is 1.24 bits per heavy atom. The Labute approximate surface area is 203 Å². The van der Waals surface area contributed by atoms with Crippen LogP contribution in [0.4, 0.5) is 0 Å². The summed E-state index contributed by atoms with van der Waals surface area (Å²) in [7, 11) is 1.28. The highest BCUT2D eigenvalue weighted by Gasteiger charge is 2.47. The molecule has 0 unspecified atom stereocenters. The van der Waals surface area contributed by atoms with Gasteiger partial charge in [-0.15, -0.1) is 0 Å². The van der Waals surface area contributed by atoms with E-state index in [2.05, 4.69) is 5.32 Å². The van der Waals surface area contributed by atoms with E-state index in [4.69, 9.17) is 18.9 Å². The summed E-state index contributed by atoms with van der Waals surface area (Å²) in [6.45, 7) is 6.08. The minimum atomic E-state index is -0.932. The van der Waals surface area contributed by atoms with Crippen molar-refractivity contribution in [1.29, 1.82) is 0 Å². The molecule has 0 bridgehead atoms. The lowest BCUT2D eigenvalue weighted by Gasteiger charge is -2.38. The zero-order chi connectivity index (χ0) is 24.4. The predicted octanol–water partition coefficient (Wildman–Crippen LogP) is 3.32. The second-order valence-electron chi connectivity index (χ2n) is 8.48. The highest BCUT2D eigenvalue weighted by molar-refractivity contribution is 7.99. The first kappa shape index (κ1) is 24.2. The van der Waals surface area contributed by atoms with Crippen LogP contribution in [0.15, 0.2) is 40.7 Å². The largest absolute Gasteiger partial charge is 0.468 e. The van der Waals surface area contributed by atoms with Crippen molar-refractivity contribution in [3.8, 4) is 11.5 Å². The van der Waals surface area contributed by atoms with Gasteiger partial charge in [0.1, 0.15) is 12.5 Å². The SMILES string of the molecule is CCSCCOC(=O)C1=C(C)NC2=C(C(=O)[C@H](C(=O)OC)[C@H](C)C2)[C@H]1c1ccc2c(c1)OCO2. The molecule has 34 heavy (non-hydrogen) atoms. The number of hydrogen-bond donors (Lipinski definition) is 1. The molecule has 0 amide bonds. The molecule has 3 aliphatic rings. The third-order valence-electron chi connectivity index (χ3n) is 6.36. The Hall–Kier alpha value is -2.94. The quantitative estimate of drug-likeness (QED) is 0.353. The van der Waals surface area contributed by atoms with Gasteiger partial charge in [0.15, 0.2) is 17.3 Å². The van der Waals surface area contributed by atoms with E-state index in [1.165, 1.54) is 7.11 Å². The Balaban J connectivity index is 1.78. The molecule has 2 heterocycles. The smallest absolute Gasteiger partial charge is 0.336 e. The van der Waals surface area contributed by atoms with E-state index >= 15 is 0 Å². The van der Waals surface area contributed by atoms with Gasteiger partial charge >= 0.3 is 11.9 Å². The van der Waals surface area contributed by atoms with Crippen LogP contribution in [0.3, 0.4) is 0 Å². The monoisotopic (exact) mass is 487 g/mol. The summed E-state index contributed by atoms with van der Waals surface area (Å²) in [4.78, 5) is 39.5. The molecule has 1 aromatic rings. The van der Waals surface area contributed by atoms with Crippen LogP contribution in [0.2, 0.25) is 0 Å². The summed E-state index contributed by atoms with van der Waals surface area (Å²) in [6, 6.07) is 5.37. The number of methoxy groups -OCH3 is 1. The number of hydrogen-bond acceptors (Lipinski definition) is 9. The summed E-state index contributed by atoms with van der Waals surface area (Å²) >= 11 is 1.68. The first-order valence-electron chi connectivity index (χ1n) is 11.3. The van der Waals surface area contributed by atoms with Crippen molar-refractivity contribution in [2.45, 2.75) is 33.1 Å². The van der Waals surface area contributed by atoms with Gasteiger partial charge in [-0.05, 0) is 42.7 Å². The van der Waals surface area contributed by atoms with E-state index in [1.54, 1.807) is 23.9 Å².